The molecule has 0 saturated carbocycles. The van der Waals surface area contributed by atoms with Gasteiger partial charge >= 0.3 is 17.9 Å². The van der Waals surface area contributed by atoms with E-state index in [-0.39, 0.29) is 32.2 Å². The van der Waals surface area contributed by atoms with Gasteiger partial charge in [-0.3, -0.25) is 9.59 Å². The Bertz CT molecular complexity index is 1800. The Kier molecular flexibility index (Phi) is 64.7. The summed E-state index contributed by atoms with van der Waals surface area (Å²) < 4.78 is 23.0. The van der Waals surface area contributed by atoms with Crippen molar-refractivity contribution in [2.45, 2.75) is 322 Å². The number of allylic oxidation sites excluding steroid dienone is 18. The molecular weight excluding hydrogens is 1080 g/mol. The van der Waals surface area contributed by atoms with Crippen LogP contribution in [0.15, 0.2) is 109 Å². The summed E-state index contributed by atoms with van der Waals surface area (Å²) in [7, 11) is 5.98. The monoisotopic (exact) mass is 1220 g/mol. The van der Waals surface area contributed by atoms with Crippen LogP contribution in [0.5, 0.6) is 0 Å². The molecule has 0 aromatic heterocycles. The van der Waals surface area contributed by atoms with Crippen LogP contribution in [0.25, 0.3) is 0 Å². The van der Waals surface area contributed by atoms with Crippen molar-refractivity contribution in [3.8, 4) is 0 Å². The number of carbonyl (C=O) groups is 3. The first-order valence-corrected chi connectivity index (χ1v) is 36.1. The normalized spacial score (nSPS) is 13.3. The van der Waals surface area contributed by atoms with E-state index in [1.54, 1.807) is 0 Å². The van der Waals surface area contributed by atoms with E-state index in [2.05, 4.69) is 123 Å². The topological polar surface area (TPSA) is 108 Å². The van der Waals surface area contributed by atoms with Gasteiger partial charge in [-0.25, -0.2) is 4.79 Å². The number of carbonyl (C=O) groups excluding carboxylic acids is 2. The molecule has 0 rings (SSSR count). The number of hydrogen-bond acceptors (Lipinski definition) is 7. The molecule has 0 aliphatic carbocycles. The molecule has 9 heteroatoms. The van der Waals surface area contributed by atoms with E-state index >= 15 is 0 Å². The molecule has 500 valence electrons. The molecule has 0 aliphatic rings. The first kappa shape index (κ1) is 83.0. The van der Waals surface area contributed by atoms with E-state index in [0.29, 0.717) is 23.9 Å². The quantitative estimate of drug-likeness (QED) is 0.0211. The molecule has 0 aliphatic heterocycles. The molecule has 2 atom stereocenters. The molecule has 0 aromatic carbocycles. The van der Waals surface area contributed by atoms with Crippen molar-refractivity contribution < 1.29 is 42.9 Å². The Morgan fingerprint density at radius 1 is 0.356 bits per heavy atom. The summed E-state index contributed by atoms with van der Waals surface area (Å²) in [4.78, 5) is 37.7. The van der Waals surface area contributed by atoms with Crippen molar-refractivity contribution in [2.24, 2.45) is 0 Å². The van der Waals surface area contributed by atoms with Gasteiger partial charge in [0.1, 0.15) is 13.2 Å². The molecule has 1 N–H and O–H groups in total. The highest BCUT2D eigenvalue weighted by atomic mass is 16.7. The van der Waals surface area contributed by atoms with E-state index in [1.165, 1.54) is 186 Å². The first-order chi connectivity index (χ1) is 42.6. The van der Waals surface area contributed by atoms with Gasteiger partial charge in [0.15, 0.2) is 6.10 Å². The summed E-state index contributed by atoms with van der Waals surface area (Å²) in [6, 6.07) is 0. The molecule has 0 heterocycles. The first-order valence-electron chi connectivity index (χ1n) is 36.1. The van der Waals surface area contributed by atoms with Crippen LogP contribution in [0, 0.1) is 0 Å². The minimum absolute atomic E-state index is 0.184. The number of aliphatic carboxylic acids is 1. The predicted octanol–water partition coefficient (Wildman–Crippen LogP) is 22.6. The lowest BCUT2D eigenvalue weighted by atomic mass is 10.0. The van der Waals surface area contributed by atoms with Gasteiger partial charge < -0.3 is 28.5 Å². The molecule has 0 radical (unpaired) electrons. The highest BCUT2D eigenvalue weighted by Gasteiger charge is 2.25. The fourth-order valence-electron chi connectivity index (χ4n) is 10.0. The number of rotatable bonds is 66. The van der Waals surface area contributed by atoms with Crippen LogP contribution in [0.1, 0.15) is 309 Å². The zero-order valence-electron chi connectivity index (χ0n) is 57.2. The number of carboxylic acid groups (broad SMARTS) is 1. The molecule has 87 heavy (non-hydrogen) atoms. The van der Waals surface area contributed by atoms with Crippen LogP contribution >= 0.6 is 0 Å². The molecule has 2 unspecified atom stereocenters. The van der Waals surface area contributed by atoms with E-state index in [9.17, 15) is 19.5 Å². The van der Waals surface area contributed by atoms with Crippen LogP contribution in [0.4, 0.5) is 0 Å². The number of carboxylic acids is 1. The Morgan fingerprint density at radius 2 is 0.655 bits per heavy atom. The summed E-state index contributed by atoms with van der Waals surface area (Å²) in [6.07, 6.45) is 92.0. The minimum atomic E-state index is -1.52. The second-order valence-corrected chi connectivity index (χ2v) is 25.2. The fraction of sp³-hybridized carbons (Fsp3) is 0.731. The number of likely N-dealkylation sites (N-methyl/N-ethyl adjacent to an activating group) is 1. The van der Waals surface area contributed by atoms with Gasteiger partial charge in [0.05, 0.1) is 34.4 Å². The second kappa shape index (κ2) is 67.9. The molecule has 0 bridgehead atoms. The smallest absolute Gasteiger partial charge is 0.361 e. The molecule has 0 aromatic rings. The lowest BCUT2D eigenvalue weighted by Gasteiger charge is -2.25. The number of esters is 2. The molecule has 0 fully saturated rings. The Hall–Kier alpha value is -4.05. The van der Waals surface area contributed by atoms with Gasteiger partial charge in [-0.05, 0) is 103 Å². The van der Waals surface area contributed by atoms with Gasteiger partial charge in [0.25, 0.3) is 6.29 Å². The van der Waals surface area contributed by atoms with Crippen LogP contribution < -0.4 is 0 Å². The van der Waals surface area contributed by atoms with Crippen molar-refractivity contribution in [1.29, 1.82) is 0 Å². The van der Waals surface area contributed by atoms with Gasteiger partial charge in [-0.2, -0.15) is 0 Å². The summed E-state index contributed by atoms with van der Waals surface area (Å²) in [5.41, 5.74) is 0. The Morgan fingerprint density at radius 3 is 0.977 bits per heavy atom. The fourth-order valence-corrected chi connectivity index (χ4v) is 10.0. The van der Waals surface area contributed by atoms with Crippen LogP contribution in [0.2, 0.25) is 0 Å². The maximum atomic E-state index is 13.0. The van der Waals surface area contributed by atoms with Crippen molar-refractivity contribution in [3.05, 3.63) is 109 Å². The average molecular weight is 1220 g/mol. The highest BCUT2D eigenvalue weighted by Crippen LogP contribution is 2.17. The summed E-state index contributed by atoms with van der Waals surface area (Å²) in [6.45, 7) is 4.78. The third kappa shape index (κ3) is 69.3. The predicted molar refractivity (Wildman–Crippen MR) is 373 cm³/mol. The second-order valence-electron chi connectivity index (χ2n) is 25.2. The van der Waals surface area contributed by atoms with E-state index in [0.717, 1.165) is 89.9 Å². The van der Waals surface area contributed by atoms with Gasteiger partial charge in [-0.1, -0.05) is 303 Å². The Balaban J connectivity index is 4.11. The number of hydrogen-bond donors (Lipinski definition) is 1. The van der Waals surface area contributed by atoms with E-state index < -0.39 is 24.3 Å². The summed E-state index contributed by atoms with van der Waals surface area (Å²) in [5, 5.41) is 9.75. The number of unbranched alkanes of at least 4 members (excludes halogenated alkanes) is 33. The van der Waals surface area contributed by atoms with Crippen molar-refractivity contribution >= 4 is 17.9 Å². The average Bonchev–Trinajstić information content (AvgIpc) is 3.56. The van der Waals surface area contributed by atoms with Crippen molar-refractivity contribution in [3.63, 3.8) is 0 Å². The minimum Gasteiger partial charge on any atom is -0.477 e. The van der Waals surface area contributed by atoms with E-state index in [4.69, 9.17) is 18.9 Å². The lowest BCUT2D eigenvalue weighted by molar-refractivity contribution is -0.870. The lowest BCUT2D eigenvalue weighted by Crippen LogP contribution is -2.40. The zero-order valence-corrected chi connectivity index (χ0v) is 57.2. The molecule has 0 spiro atoms. The van der Waals surface area contributed by atoms with Gasteiger partial charge in [-0.15, -0.1) is 0 Å². The van der Waals surface area contributed by atoms with Crippen LogP contribution in [-0.2, 0) is 33.3 Å². The van der Waals surface area contributed by atoms with Gasteiger partial charge in [0.2, 0.25) is 0 Å². The summed E-state index contributed by atoms with van der Waals surface area (Å²) >= 11 is 0. The molecular formula is C78H136NO8+. The number of nitrogens with zero attached hydrogens (tertiary/aromatic N) is 1. The molecule has 9 nitrogen and oxygen atoms in total. The maximum absolute atomic E-state index is 13.0. The maximum Gasteiger partial charge on any atom is 0.361 e. The van der Waals surface area contributed by atoms with Crippen LogP contribution in [-0.4, -0.2) is 87.4 Å². The SMILES string of the molecule is CC/C=C\C/C=C\C/C=C\C/C=C\C/C=C\C/C=C\C/C=C\CCCCCCCCCCCCCCCC(=O)OC(COC(=O)CCCCCCCCCCCCCCCCC/C=C\C/C=C\CCCCCCC)COC(OCC[N+](C)(C)C)C(=O)O. The number of quaternary nitrogens is 1. The standard InChI is InChI=1S/C78H135NO8/c1-6-8-10-12-14-16-18-20-22-24-26-28-30-32-34-35-36-37-38-39-40-41-43-45-47-49-51-53-55-57-59-61-63-65-67-69-76(81)87-74(73-86-78(77(82)83)84-71-70-79(3,4)5)72-85-75(80)68-66-64-62-60-58-56-54-52-50-48-46-44-42-33-31-29-27-25-23-21-19-17-15-13-11-9-7-2/h8,10,14,16,19-22,25-28,32,34,36-37,39-40,74,78H,6-7,9,11-13,15,17-18,23-24,29-31,33,35,38,41-73H2,1-5H3/p+1/b10-8-,16-14-,21-19-,22-20-,27-25-,28-26-,34-32-,37-36-,40-39-. The van der Waals surface area contributed by atoms with Crippen LogP contribution in [0.3, 0.4) is 0 Å². The third-order valence-corrected chi connectivity index (χ3v) is 15.5. The largest absolute Gasteiger partial charge is 0.477 e. The molecule has 0 saturated heterocycles. The Labute approximate surface area is 536 Å². The van der Waals surface area contributed by atoms with Crippen molar-refractivity contribution in [2.75, 3.05) is 47.5 Å². The highest BCUT2D eigenvalue weighted by molar-refractivity contribution is 5.71. The summed E-state index contributed by atoms with van der Waals surface area (Å²) in [5.74, 6) is -2.00. The van der Waals surface area contributed by atoms with E-state index in [1.807, 2.05) is 21.1 Å². The van der Waals surface area contributed by atoms with Gasteiger partial charge in [0, 0.05) is 12.8 Å². The van der Waals surface area contributed by atoms with Crippen molar-refractivity contribution in [1.82, 2.24) is 0 Å². The number of ether oxygens (including phenoxy) is 4. The zero-order chi connectivity index (χ0) is 63.3. The third-order valence-electron chi connectivity index (χ3n) is 15.5. The molecule has 0 amide bonds.